The van der Waals surface area contributed by atoms with Gasteiger partial charge in [-0.05, 0) is 13.8 Å². The zero-order chi connectivity index (χ0) is 9.76. The lowest BCUT2D eigenvalue weighted by Crippen LogP contribution is -2.42. The molecule has 0 aliphatic carbocycles. The zero-order valence-corrected chi connectivity index (χ0v) is 8.26. The number of hydrogen-bond donors (Lipinski definition) is 0. The van der Waals surface area contributed by atoms with E-state index in [9.17, 15) is 0 Å². The minimum Gasteiger partial charge on any atom is -0.353 e. The minimum atomic E-state index is -0.567. The first kappa shape index (κ1) is 9.06. The molecule has 3 aliphatic rings. The van der Waals surface area contributed by atoms with E-state index < -0.39 is 5.79 Å². The van der Waals surface area contributed by atoms with Gasteiger partial charge in [0.05, 0.1) is 6.61 Å². The molecule has 0 bridgehead atoms. The Morgan fingerprint density at radius 1 is 1.14 bits per heavy atom. The normalized spacial score (nSPS) is 50.1. The van der Waals surface area contributed by atoms with Crippen LogP contribution in [-0.4, -0.2) is 43.8 Å². The molecule has 0 radical (unpaired) electrons. The topological polar surface area (TPSA) is 46.2 Å². The van der Waals surface area contributed by atoms with E-state index in [0.717, 1.165) is 0 Å². The highest BCUT2D eigenvalue weighted by molar-refractivity contribution is 4.94. The van der Waals surface area contributed by atoms with Gasteiger partial charge in [-0.15, -0.1) is 0 Å². The highest BCUT2D eigenvalue weighted by Crippen LogP contribution is 2.39. The first-order chi connectivity index (χ1) is 6.66. The largest absolute Gasteiger partial charge is 0.353 e. The minimum absolute atomic E-state index is 0.0458. The van der Waals surface area contributed by atoms with Crippen molar-refractivity contribution in [2.75, 3.05) is 13.4 Å². The Bertz CT molecular complexity index is 241. The first-order valence-electron chi connectivity index (χ1n) is 4.86. The molecule has 0 amide bonds. The van der Waals surface area contributed by atoms with Gasteiger partial charge in [-0.2, -0.15) is 0 Å². The summed E-state index contributed by atoms with van der Waals surface area (Å²) < 4.78 is 27.5. The fraction of sp³-hybridized carbons (Fsp3) is 1.00. The summed E-state index contributed by atoms with van der Waals surface area (Å²) in [6.45, 7) is 4.63. The van der Waals surface area contributed by atoms with Gasteiger partial charge in [-0.1, -0.05) is 0 Å². The van der Waals surface area contributed by atoms with E-state index >= 15 is 0 Å². The highest BCUT2D eigenvalue weighted by atomic mass is 16.9. The molecular weight excluding hydrogens is 188 g/mol. The van der Waals surface area contributed by atoms with E-state index in [1.165, 1.54) is 0 Å². The third-order valence-corrected chi connectivity index (χ3v) is 2.71. The maximum absolute atomic E-state index is 5.71. The second kappa shape index (κ2) is 2.90. The summed E-state index contributed by atoms with van der Waals surface area (Å²) >= 11 is 0. The predicted octanol–water partition coefficient (Wildman–Crippen LogP) is 0.236. The summed E-state index contributed by atoms with van der Waals surface area (Å²) in [4.78, 5) is 0. The van der Waals surface area contributed by atoms with E-state index in [4.69, 9.17) is 23.7 Å². The van der Waals surface area contributed by atoms with Crippen LogP contribution < -0.4 is 0 Å². The van der Waals surface area contributed by atoms with Gasteiger partial charge in [-0.25, -0.2) is 0 Å². The van der Waals surface area contributed by atoms with Crippen LogP contribution in [0.4, 0.5) is 0 Å². The molecule has 0 aromatic carbocycles. The van der Waals surface area contributed by atoms with Crippen LogP contribution in [0.3, 0.4) is 0 Å². The Labute approximate surface area is 82.2 Å². The van der Waals surface area contributed by atoms with Crippen LogP contribution in [0, 0.1) is 0 Å². The van der Waals surface area contributed by atoms with Gasteiger partial charge >= 0.3 is 0 Å². The summed E-state index contributed by atoms with van der Waals surface area (Å²) in [5.41, 5.74) is 0. The fourth-order valence-corrected chi connectivity index (χ4v) is 2.17. The van der Waals surface area contributed by atoms with Crippen LogP contribution >= 0.6 is 0 Å². The van der Waals surface area contributed by atoms with Gasteiger partial charge in [0, 0.05) is 0 Å². The summed E-state index contributed by atoms with van der Waals surface area (Å²) in [6.07, 6.45) is -0.508. The van der Waals surface area contributed by atoms with Crippen molar-refractivity contribution in [1.82, 2.24) is 0 Å². The molecular formula is C9H14O5. The molecule has 3 fully saturated rings. The van der Waals surface area contributed by atoms with Crippen LogP contribution in [0.2, 0.25) is 0 Å². The van der Waals surface area contributed by atoms with E-state index in [1.54, 1.807) is 0 Å². The van der Waals surface area contributed by atoms with E-state index in [0.29, 0.717) is 13.4 Å². The Morgan fingerprint density at radius 3 is 2.86 bits per heavy atom. The van der Waals surface area contributed by atoms with Crippen LogP contribution in [0.15, 0.2) is 0 Å². The molecule has 3 heterocycles. The van der Waals surface area contributed by atoms with Gasteiger partial charge in [0.2, 0.25) is 0 Å². The monoisotopic (exact) mass is 202 g/mol. The standard InChI is InChI=1S/C9H14O5/c1-9(2)13-7-6-5(3-10-4-11-6)12-8(7)14-9/h5-8H,3-4H2,1-2H3. The molecule has 0 aromatic heterocycles. The Kier molecular flexibility index (Phi) is 1.87. The van der Waals surface area contributed by atoms with Gasteiger partial charge in [0.15, 0.2) is 12.1 Å². The van der Waals surface area contributed by atoms with Gasteiger partial charge in [-0.3, -0.25) is 0 Å². The molecule has 3 aliphatic heterocycles. The van der Waals surface area contributed by atoms with Crippen LogP contribution in [-0.2, 0) is 23.7 Å². The van der Waals surface area contributed by atoms with Crippen molar-refractivity contribution in [1.29, 1.82) is 0 Å². The molecule has 4 atom stereocenters. The number of hydrogen-bond acceptors (Lipinski definition) is 5. The smallest absolute Gasteiger partial charge is 0.190 e. The molecule has 0 N–H and O–H groups in total. The zero-order valence-electron chi connectivity index (χ0n) is 8.26. The fourth-order valence-electron chi connectivity index (χ4n) is 2.17. The van der Waals surface area contributed by atoms with Crippen LogP contribution in [0.1, 0.15) is 13.8 Å². The number of fused-ring (bicyclic) bond motifs is 3. The lowest BCUT2D eigenvalue weighted by atomic mass is 10.1. The lowest BCUT2D eigenvalue weighted by molar-refractivity contribution is -0.253. The molecule has 0 saturated carbocycles. The van der Waals surface area contributed by atoms with Gasteiger partial charge < -0.3 is 23.7 Å². The third kappa shape index (κ3) is 1.28. The predicted molar refractivity (Wildman–Crippen MR) is 44.4 cm³/mol. The van der Waals surface area contributed by atoms with Crippen molar-refractivity contribution in [3.05, 3.63) is 0 Å². The molecule has 0 spiro atoms. The maximum Gasteiger partial charge on any atom is 0.190 e. The molecule has 5 heteroatoms. The van der Waals surface area contributed by atoms with Crippen molar-refractivity contribution < 1.29 is 23.7 Å². The highest BCUT2D eigenvalue weighted by Gasteiger charge is 2.56. The second-order valence-electron chi connectivity index (χ2n) is 4.26. The van der Waals surface area contributed by atoms with Crippen molar-refractivity contribution in [3.63, 3.8) is 0 Å². The van der Waals surface area contributed by atoms with Crippen molar-refractivity contribution >= 4 is 0 Å². The van der Waals surface area contributed by atoms with Crippen molar-refractivity contribution in [3.8, 4) is 0 Å². The van der Waals surface area contributed by atoms with Crippen LogP contribution in [0.5, 0.6) is 0 Å². The van der Waals surface area contributed by atoms with E-state index in [1.807, 2.05) is 13.8 Å². The van der Waals surface area contributed by atoms with Gasteiger partial charge in [0.1, 0.15) is 25.1 Å². The maximum atomic E-state index is 5.71. The molecule has 5 nitrogen and oxygen atoms in total. The number of ether oxygens (including phenoxy) is 5. The lowest BCUT2D eigenvalue weighted by Gasteiger charge is -2.28. The molecule has 3 saturated heterocycles. The number of rotatable bonds is 0. The van der Waals surface area contributed by atoms with Gasteiger partial charge in [0.25, 0.3) is 0 Å². The summed E-state index contributed by atoms with van der Waals surface area (Å²) in [5, 5.41) is 0. The Morgan fingerprint density at radius 2 is 2.00 bits per heavy atom. The Hall–Kier alpha value is -0.200. The van der Waals surface area contributed by atoms with Crippen molar-refractivity contribution in [2.24, 2.45) is 0 Å². The van der Waals surface area contributed by atoms with Crippen molar-refractivity contribution in [2.45, 2.75) is 44.2 Å². The molecule has 0 aromatic rings. The van der Waals surface area contributed by atoms with E-state index in [2.05, 4.69) is 0 Å². The third-order valence-electron chi connectivity index (χ3n) is 2.71. The molecule has 14 heavy (non-hydrogen) atoms. The molecule has 3 rings (SSSR count). The quantitative estimate of drug-likeness (QED) is 0.563. The second-order valence-corrected chi connectivity index (χ2v) is 4.26. The van der Waals surface area contributed by atoms with E-state index in [-0.39, 0.29) is 24.6 Å². The molecule has 80 valence electrons. The average molecular weight is 202 g/mol. The van der Waals surface area contributed by atoms with Crippen LogP contribution in [0.25, 0.3) is 0 Å². The Balaban J connectivity index is 1.78. The summed E-state index contributed by atoms with van der Waals surface area (Å²) in [7, 11) is 0. The molecule has 4 unspecified atom stereocenters. The first-order valence-corrected chi connectivity index (χ1v) is 4.86. The SMILES string of the molecule is CC1(C)OC2OC3COCOC3C2O1. The summed E-state index contributed by atoms with van der Waals surface area (Å²) in [6, 6.07) is 0. The summed E-state index contributed by atoms with van der Waals surface area (Å²) in [5.74, 6) is -0.567. The average Bonchev–Trinajstić information content (AvgIpc) is 2.56.